The summed E-state index contributed by atoms with van der Waals surface area (Å²) in [7, 11) is 0. The zero-order valence-electron chi connectivity index (χ0n) is 8.34. The second kappa shape index (κ2) is 4.17. The summed E-state index contributed by atoms with van der Waals surface area (Å²) in [6, 6.07) is 5.42. The predicted octanol–water partition coefficient (Wildman–Crippen LogP) is 3.71. The molecule has 1 saturated heterocycles. The maximum absolute atomic E-state index is 10.5. The van der Waals surface area contributed by atoms with E-state index in [0.717, 1.165) is 12.0 Å². The van der Waals surface area contributed by atoms with Crippen LogP contribution < -0.4 is 0 Å². The van der Waals surface area contributed by atoms with E-state index in [9.17, 15) is 5.11 Å². The molecule has 0 amide bonds. The average molecular weight is 263 g/mol. The molecule has 1 N–H and O–H groups in total. The molecule has 1 aromatic carbocycles. The molecule has 0 aliphatic carbocycles. The second-order valence-corrected chi connectivity index (χ2v) is 6.17. The number of aliphatic hydroxyl groups is 1. The summed E-state index contributed by atoms with van der Waals surface area (Å²) >= 11 is 13.8. The fourth-order valence-electron chi connectivity index (χ4n) is 1.92. The summed E-state index contributed by atoms with van der Waals surface area (Å²) in [6.45, 7) is 2.11. The lowest BCUT2D eigenvalue weighted by Crippen LogP contribution is -2.26. The van der Waals surface area contributed by atoms with Gasteiger partial charge in [0.1, 0.15) is 5.60 Å². The molecule has 0 saturated carbocycles. The van der Waals surface area contributed by atoms with Crippen molar-refractivity contribution in [3.05, 3.63) is 33.8 Å². The fourth-order valence-corrected chi connectivity index (χ4v) is 3.63. The Morgan fingerprint density at radius 3 is 2.80 bits per heavy atom. The van der Waals surface area contributed by atoms with Crippen LogP contribution in [0.1, 0.15) is 18.9 Å². The van der Waals surface area contributed by atoms with Gasteiger partial charge in [-0.25, -0.2) is 0 Å². The van der Waals surface area contributed by atoms with Gasteiger partial charge in [-0.3, -0.25) is 0 Å². The van der Waals surface area contributed by atoms with Crippen LogP contribution in [-0.4, -0.2) is 16.1 Å². The van der Waals surface area contributed by atoms with Crippen LogP contribution in [0.5, 0.6) is 0 Å². The normalized spacial score (nSPS) is 30.8. The Labute approximate surface area is 104 Å². The highest BCUT2D eigenvalue weighted by Crippen LogP contribution is 2.44. The molecule has 2 unspecified atom stereocenters. The van der Waals surface area contributed by atoms with Crippen LogP contribution in [0.3, 0.4) is 0 Å². The third kappa shape index (κ3) is 2.14. The summed E-state index contributed by atoms with van der Waals surface area (Å²) in [4.78, 5) is 0. The summed E-state index contributed by atoms with van der Waals surface area (Å²) in [5.41, 5.74) is -0.0555. The molecule has 1 aliphatic rings. The number of benzene rings is 1. The second-order valence-electron chi connectivity index (χ2n) is 3.96. The summed E-state index contributed by atoms with van der Waals surface area (Å²) < 4.78 is 0. The molecule has 2 atom stereocenters. The molecule has 1 nitrogen and oxygen atoms in total. The van der Waals surface area contributed by atoms with Crippen molar-refractivity contribution in [2.24, 2.45) is 0 Å². The zero-order valence-corrected chi connectivity index (χ0v) is 10.7. The molecule has 1 fully saturated rings. The van der Waals surface area contributed by atoms with Gasteiger partial charge in [-0.05, 0) is 12.5 Å². The van der Waals surface area contributed by atoms with Gasteiger partial charge >= 0.3 is 0 Å². The van der Waals surface area contributed by atoms with E-state index in [4.69, 9.17) is 23.2 Å². The molecule has 0 aromatic heterocycles. The van der Waals surface area contributed by atoms with E-state index in [1.165, 1.54) is 0 Å². The van der Waals surface area contributed by atoms with Crippen LogP contribution in [0.15, 0.2) is 18.2 Å². The van der Waals surface area contributed by atoms with E-state index in [1.54, 1.807) is 17.8 Å². The van der Waals surface area contributed by atoms with Gasteiger partial charge in [0, 0.05) is 16.6 Å². The van der Waals surface area contributed by atoms with Crippen LogP contribution in [0, 0.1) is 0 Å². The molecular formula is C11H12Cl2OS. The minimum atomic E-state index is -0.813. The van der Waals surface area contributed by atoms with Crippen LogP contribution in [0.25, 0.3) is 0 Å². The minimum absolute atomic E-state index is 0.463. The zero-order chi connectivity index (χ0) is 11.1. The van der Waals surface area contributed by atoms with Gasteiger partial charge in [0.2, 0.25) is 0 Å². The molecule has 2 rings (SSSR count). The lowest BCUT2D eigenvalue weighted by atomic mass is 9.91. The lowest BCUT2D eigenvalue weighted by molar-refractivity contribution is 0.0613. The molecule has 0 radical (unpaired) electrons. The van der Waals surface area contributed by atoms with Crippen molar-refractivity contribution in [3.8, 4) is 0 Å². The van der Waals surface area contributed by atoms with Crippen molar-refractivity contribution in [2.45, 2.75) is 24.2 Å². The molecule has 0 spiro atoms. The highest BCUT2D eigenvalue weighted by molar-refractivity contribution is 8.00. The summed E-state index contributed by atoms with van der Waals surface area (Å²) in [5, 5.41) is 11.9. The van der Waals surface area contributed by atoms with Gasteiger partial charge in [0.05, 0.1) is 10.0 Å². The van der Waals surface area contributed by atoms with Crippen LogP contribution in [-0.2, 0) is 5.60 Å². The molecular weight excluding hydrogens is 251 g/mol. The highest BCUT2D eigenvalue weighted by atomic mass is 35.5. The SMILES string of the molecule is CC1CC(O)(c2cccc(Cl)c2Cl)CS1. The van der Waals surface area contributed by atoms with Gasteiger partial charge in [0.15, 0.2) is 0 Å². The van der Waals surface area contributed by atoms with Gasteiger partial charge < -0.3 is 5.11 Å². The van der Waals surface area contributed by atoms with Crippen molar-refractivity contribution in [2.75, 3.05) is 5.75 Å². The molecule has 1 aromatic rings. The largest absolute Gasteiger partial charge is 0.384 e. The van der Waals surface area contributed by atoms with Gasteiger partial charge in [-0.2, -0.15) is 11.8 Å². The monoisotopic (exact) mass is 262 g/mol. The van der Waals surface area contributed by atoms with E-state index < -0.39 is 5.60 Å². The Bertz CT molecular complexity index is 383. The molecule has 0 bridgehead atoms. The number of hydrogen-bond donors (Lipinski definition) is 1. The molecule has 1 heterocycles. The first kappa shape index (κ1) is 11.6. The lowest BCUT2D eigenvalue weighted by Gasteiger charge is -2.23. The van der Waals surface area contributed by atoms with Crippen molar-refractivity contribution in [3.63, 3.8) is 0 Å². The van der Waals surface area contributed by atoms with Crippen LogP contribution >= 0.6 is 35.0 Å². The number of rotatable bonds is 1. The smallest absolute Gasteiger partial charge is 0.101 e. The van der Waals surface area contributed by atoms with Gasteiger partial charge in [-0.15, -0.1) is 0 Å². The van der Waals surface area contributed by atoms with E-state index >= 15 is 0 Å². The standard InChI is InChI=1S/C11H12Cl2OS/c1-7-5-11(14,6-15-7)8-3-2-4-9(12)10(8)13/h2-4,7,14H,5-6H2,1H3. The maximum Gasteiger partial charge on any atom is 0.101 e. The van der Waals surface area contributed by atoms with Crippen molar-refractivity contribution in [1.29, 1.82) is 0 Å². The molecule has 1 aliphatic heterocycles. The maximum atomic E-state index is 10.5. The number of halogens is 2. The summed E-state index contributed by atoms with van der Waals surface area (Å²) in [6.07, 6.45) is 0.734. The Balaban J connectivity index is 2.41. The van der Waals surface area contributed by atoms with Crippen LogP contribution in [0.4, 0.5) is 0 Å². The number of thioether (sulfide) groups is 1. The first-order chi connectivity index (χ1) is 7.03. The molecule has 4 heteroatoms. The molecule has 82 valence electrons. The van der Waals surface area contributed by atoms with E-state index in [1.807, 2.05) is 12.1 Å². The van der Waals surface area contributed by atoms with E-state index in [0.29, 0.717) is 21.0 Å². The third-order valence-corrected chi connectivity index (χ3v) is 4.88. The highest BCUT2D eigenvalue weighted by Gasteiger charge is 2.39. The first-order valence-corrected chi connectivity index (χ1v) is 6.62. The number of hydrogen-bond acceptors (Lipinski definition) is 2. The third-order valence-electron chi connectivity index (χ3n) is 2.68. The van der Waals surface area contributed by atoms with Gasteiger partial charge in [-0.1, -0.05) is 42.3 Å². The van der Waals surface area contributed by atoms with Crippen molar-refractivity contribution < 1.29 is 5.11 Å². The Morgan fingerprint density at radius 1 is 1.47 bits per heavy atom. The van der Waals surface area contributed by atoms with E-state index in [2.05, 4.69) is 6.92 Å². The Kier molecular flexibility index (Phi) is 3.22. The Hall–Kier alpha value is 0.110. The fraction of sp³-hybridized carbons (Fsp3) is 0.455. The first-order valence-electron chi connectivity index (χ1n) is 4.81. The van der Waals surface area contributed by atoms with Crippen LogP contribution in [0.2, 0.25) is 10.0 Å². The van der Waals surface area contributed by atoms with Crippen molar-refractivity contribution >= 4 is 35.0 Å². The predicted molar refractivity (Wildman–Crippen MR) is 66.9 cm³/mol. The van der Waals surface area contributed by atoms with Crippen molar-refractivity contribution in [1.82, 2.24) is 0 Å². The topological polar surface area (TPSA) is 20.2 Å². The average Bonchev–Trinajstić information content (AvgIpc) is 2.52. The molecule has 15 heavy (non-hydrogen) atoms. The van der Waals surface area contributed by atoms with E-state index in [-0.39, 0.29) is 0 Å². The quantitative estimate of drug-likeness (QED) is 0.833. The van der Waals surface area contributed by atoms with Gasteiger partial charge in [0.25, 0.3) is 0 Å². The summed E-state index contributed by atoms with van der Waals surface area (Å²) in [5.74, 6) is 0.689. The minimum Gasteiger partial charge on any atom is -0.384 e. The Morgan fingerprint density at radius 2 is 2.20 bits per heavy atom.